The van der Waals surface area contributed by atoms with Crippen LogP contribution in [0.2, 0.25) is 0 Å². The van der Waals surface area contributed by atoms with E-state index in [2.05, 4.69) is 21.0 Å². The molecule has 0 bridgehead atoms. The molecule has 3 rings (SSSR count). The quantitative estimate of drug-likeness (QED) is 0.571. The summed E-state index contributed by atoms with van der Waals surface area (Å²) in [7, 11) is 0. The number of pyridine rings is 1. The van der Waals surface area contributed by atoms with Crippen LogP contribution in [-0.4, -0.2) is 16.0 Å². The molecule has 0 amide bonds. The zero-order valence-corrected chi connectivity index (χ0v) is 16.1. The van der Waals surface area contributed by atoms with Crippen molar-refractivity contribution in [3.8, 4) is 23.1 Å². The van der Waals surface area contributed by atoms with E-state index in [1.54, 1.807) is 24.3 Å². The highest BCUT2D eigenvalue weighted by Crippen LogP contribution is 2.33. The molecule has 146 valence electrons. The molecule has 0 spiro atoms. The molecule has 3 aromatic rings. The average Bonchev–Trinajstić information content (AvgIpc) is 2.67. The van der Waals surface area contributed by atoms with Gasteiger partial charge in [0.15, 0.2) is 0 Å². The highest BCUT2D eigenvalue weighted by Gasteiger charge is 2.36. The summed E-state index contributed by atoms with van der Waals surface area (Å²) in [5.41, 5.74) is -3.21. The van der Waals surface area contributed by atoms with E-state index in [1.165, 1.54) is 30.3 Å². The summed E-state index contributed by atoms with van der Waals surface area (Å²) >= 11 is 3.19. The Bertz CT molecular complexity index is 1200. The third-order valence-electron chi connectivity index (χ3n) is 3.98. The fraction of sp³-hybridized carbons (Fsp3) is 0.0500. The summed E-state index contributed by atoms with van der Waals surface area (Å²) in [4.78, 5) is 12.7. The van der Waals surface area contributed by atoms with E-state index >= 15 is 0 Å². The van der Waals surface area contributed by atoms with Crippen LogP contribution in [0.25, 0.3) is 11.3 Å². The Balaban J connectivity index is 2.29. The third-order valence-corrected chi connectivity index (χ3v) is 4.47. The Morgan fingerprint density at radius 1 is 1.14 bits per heavy atom. The normalized spacial score (nSPS) is 11.6. The van der Waals surface area contributed by atoms with Gasteiger partial charge in [0.05, 0.1) is 17.5 Å². The van der Waals surface area contributed by atoms with Crippen molar-refractivity contribution in [1.82, 2.24) is 4.68 Å². The molecule has 29 heavy (non-hydrogen) atoms. The number of hydrogen-bond acceptors (Lipinski definition) is 4. The number of phenolic OH excluding ortho intramolecular Hbond substituents is 1. The minimum atomic E-state index is -4.89. The van der Waals surface area contributed by atoms with Crippen LogP contribution in [0.3, 0.4) is 0 Å². The predicted octanol–water partition coefficient (Wildman–Crippen LogP) is 4.76. The molecule has 0 unspecified atom stereocenters. The molecule has 9 heteroatoms. The maximum absolute atomic E-state index is 13.4. The molecule has 5 nitrogen and oxygen atoms in total. The van der Waals surface area contributed by atoms with Crippen LogP contribution in [0.5, 0.6) is 5.75 Å². The van der Waals surface area contributed by atoms with Crippen LogP contribution >= 0.6 is 15.9 Å². The van der Waals surface area contributed by atoms with E-state index in [1.807, 2.05) is 0 Å². The smallest absolute Gasteiger partial charge is 0.417 e. The SMILES string of the molecule is N#Cc1c(C(F)(F)F)cc(-c2ccccc2)n(N=Cc2ccc(Br)cc2O)c1=O. The van der Waals surface area contributed by atoms with Gasteiger partial charge in [-0.2, -0.15) is 28.2 Å². The van der Waals surface area contributed by atoms with E-state index in [9.17, 15) is 23.1 Å². The fourth-order valence-electron chi connectivity index (χ4n) is 2.61. The minimum absolute atomic E-state index is 0.144. The van der Waals surface area contributed by atoms with E-state index in [-0.39, 0.29) is 17.0 Å². The molecule has 0 radical (unpaired) electrons. The molecule has 0 aliphatic carbocycles. The van der Waals surface area contributed by atoms with Crippen LogP contribution in [0, 0.1) is 11.3 Å². The van der Waals surface area contributed by atoms with E-state index < -0.39 is 22.9 Å². The van der Waals surface area contributed by atoms with E-state index in [4.69, 9.17) is 5.26 Å². The lowest BCUT2D eigenvalue weighted by molar-refractivity contribution is -0.137. The fourth-order valence-corrected chi connectivity index (χ4v) is 2.96. The zero-order chi connectivity index (χ0) is 21.2. The topological polar surface area (TPSA) is 78.4 Å². The molecule has 0 fully saturated rings. The number of aromatic hydroxyl groups is 1. The first-order valence-electron chi connectivity index (χ1n) is 8.08. The Morgan fingerprint density at radius 3 is 2.41 bits per heavy atom. The highest BCUT2D eigenvalue weighted by molar-refractivity contribution is 9.10. The van der Waals surface area contributed by atoms with Gasteiger partial charge in [0.2, 0.25) is 0 Å². The maximum atomic E-state index is 13.4. The molecule has 1 aromatic heterocycles. The predicted molar refractivity (Wildman–Crippen MR) is 105 cm³/mol. The number of rotatable bonds is 3. The van der Waals surface area contributed by atoms with Gasteiger partial charge in [0.1, 0.15) is 17.4 Å². The van der Waals surface area contributed by atoms with Crippen molar-refractivity contribution in [3.63, 3.8) is 0 Å². The van der Waals surface area contributed by atoms with Crippen LogP contribution in [-0.2, 0) is 6.18 Å². The van der Waals surface area contributed by atoms with Crippen LogP contribution in [0.15, 0.2) is 69.0 Å². The van der Waals surface area contributed by atoms with Gasteiger partial charge in [-0.05, 0) is 24.3 Å². The number of benzene rings is 2. The highest BCUT2D eigenvalue weighted by atomic mass is 79.9. The van der Waals surface area contributed by atoms with Gasteiger partial charge in [-0.15, -0.1) is 0 Å². The lowest BCUT2D eigenvalue weighted by Crippen LogP contribution is -2.26. The van der Waals surface area contributed by atoms with Gasteiger partial charge in [0.25, 0.3) is 5.56 Å². The van der Waals surface area contributed by atoms with E-state index in [0.717, 1.165) is 6.21 Å². The number of phenols is 1. The first-order valence-corrected chi connectivity index (χ1v) is 8.87. The Hall–Kier alpha value is -3.38. The lowest BCUT2D eigenvalue weighted by Gasteiger charge is -2.14. The summed E-state index contributed by atoms with van der Waals surface area (Å²) in [6, 6.07) is 14.5. The van der Waals surface area contributed by atoms with Crippen molar-refractivity contribution < 1.29 is 18.3 Å². The summed E-state index contributed by atoms with van der Waals surface area (Å²) in [5.74, 6) is -0.148. The van der Waals surface area contributed by atoms with Crippen LogP contribution < -0.4 is 5.56 Å². The second-order valence-electron chi connectivity index (χ2n) is 5.86. The second kappa shape index (κ2) is 7.93. The van der Waals surface area contributed by atoms with Crippen molar-refractivity contribution >= 4 is 22.1 Å². The van der Waals surface area contributed by atoms with Crippen molar-refractivity contribution in [2.45, 2.75) is 6.18 Å². The Labute approximate surface area is 171 Å². The lowest BCUT2D eigenvalue weighted by atomic mass is 10.0. The van der Waals surface area contributed by atoms with Gasteiger partial charge in [-0.1, -0.05) is 46.3 Å². The van der Waals surface area contributed by atoms with Crippen LogP contribution in [0.4, 0.5) is 13.2 Å². The Morgan fingerprint density at radius 2 is 1.83 bits per heavy atom. The molecule has 0 saturated heterocycles. The number of aromatic nitrogens is 1. The molecular formula is C20H11BrF3N3O2. The molecule has 1 N–H and O–H groups in total. The molecule has 0 aliphatic rings. The molecule has 1 heterocycles. The monoisotopic (exact) mass is 461 g/mol. The minimum Gasteiger partial charge on any atom is -0.507 e. The van der Waals surface area contributed by atoms with Crippen molar-refractivity contribution in [1.29, 1.82) is 5.26 Å². The van der Waals surface area contributed by atoms with Crippen molar-refractivity contribution in [2.75, 3.05) is 0 Å². The average molecular weight is 462 g/mol. The summed E-state index contributed by atoms with van der Waals surface area (Å²) < 4.78 is 41.5. The van der Waals surface area contributed by atoms with Gasteiger partial charge in [0, 0.05) is 15.6 Å². The van der Waals surface area contributed by atoms with Gasteiger partial charge in [-0.25, -0.2) is 0 Å². The Kier molecular flexibility index (Phi) is 5.57. The second-order valence-corrected chi connectivity index (χ2v) is 6.77. The van der Waals surface area contributed by atoms with E-state index in [0.29, 0.717) is 20.8 Å². The third kappa shape index (κ3) is 4.22. The standard InChI is InChI=1S/C20H11BrF3N3O2/c21-14-7-6-13(18(28)8-14)11-26-27-17(12-4-2-1-3-5-12)9-16(20(22,23)24)15(10-25)19(27)29/h1-9,11,28H. The molecular weight excluding hydrogens is 451 g/mol. The number of nitrogens with zero attached hydrogens (tertiary/aromatic N) is 3. The summed E-state index contributed by atoms with van der Waals surface area (Å²) in [6.45, 7) is 0. The molecule has 2 aromatic carbocycles. The molecule has 0 atom stereocenters. The zero-order valence-electron chi connectivity index (χ0n) is 14.5. The summed E-state index contributed by atoms with van der Waals surface area (Å²) in [5, 5.41) is 23.1. The number of hydrogen-bond donors (Lipinski definition) is 1. The van der Waals surface area contributed by atoms with Crippen molar-refractivity contribution in [3.05, 3.63) is 86.1 Å². The van der Waals surface area contributed by atoms with Crippen LogP contribution in [0.1, 0.15) is 16.7 Å². The number of nitriles is 1. The van der Waals surface area contributed by atoms with Gasteiger partial charge < -0.3 is 5.11 Å². The molecule has 0 aliphatic heterocycles. The van der Waals surface area contributed by atoms with Gasteiger partial charge in [-0.3, -0.25) is 4.79 Å². The molecule has 0 saturated carbocycles. The maximum Gasteiger partial charge on any atom is 0.417 e. The largest absolute Gasteiger partial charge is 0.507 e. The first-order chi connectivity index (χ1) is 13.7. The first kappa shape index (κ1) is 20.4. The summed E-state index contributed by atoms with van der Waals surface area (Å²) in [6.07, 6.45) is -3.76. The van der Waals surface area contributed by atoms with Crippen molar-refractivity contribution in [2.24, 2.45) is 5.10 Å². The number of halogens is 4. The number of alkyl halides is 3. The van der Waals surface area contributed by atoms with Gasteiger partial charge >= 0.3 is 6.18 Å².